The average molecular weight is 383 g/mol. The molecule has 0 aliphatic rings. The van der Waals surface area contributed by atoms with Crippen LogP contribution in [0.3, 0.4) is 0 Å². The highest BCUT2D eigenvalue weighted by Crippen LogP contribution is 2.28. The van der Waals surface area contributed by atoms with Gasteiger partial charge in [-0.15, -0.1) is 0 Å². The molecule has 0 radical (unpaired) electrons. The zero-order chi connectivity index (χ0) is 20.4. The van der Waals surface area contributed by atoms with E-state index in [0.717, 1.165) is 0 Å². The lowest BCUT2D eigenvalue weighted by Crippen LogP contribution is -2.33. The van der Waals surface area contributed by atoms with Gasteiger partial charge < -0.3 is 14.2 Å². The fourth-order valence-corrected chi connectivity index (χ4v) is 2.24. The van der Waals surface area contributed by atoms with Crippen molar-refractivity contribution >= 4 is 23.9 Å². The number of methoxy groups -OCH3 is 1. The lowest BCUT2D eigenvalue weighted by atomic mass is 10.2. The largest absolute Gasteiger partial charge is 0.493 e. The van der Waals surface area contributed by atoms with Crippen molar-refractivity contribution in [2.75, 3.05) is 20.3 Å². The predicted molar refractivity (Wildman–Crippen MR) is 103 cm³/mol. The maximum absolute atomic E-state index is 11.8. The minimum Gasteiger partial charge on any atom is -0.493 e. The molecular weight excluding hydrogens is 362 g/mol. The Morgan fingerprint density at radius 3 is 2.46 bits per heavy atom. The number of carbonyl (C=O) groups excluding carboxylic acids is 3. The van der Waals surface area contributed by atoms with Crippen molar-refractivity contribution in [3.8, 4) is 11.5 Å². The fraction of sp³-hybridized carbons (Fsp3) is 0.190. The summed E-state index contributed by atoms with van der Waals surface area (Å²) in [7, 11) is 1.54. The molecule has 2 aromatic carbocycles. The van der Waals surface area contributed by atoms with Crippen LogP contribution in [0, 0.1) is 0 Å². The van der Waals surface area contributed by atoms with E-state index in [1.165, 1.54) is 19.3 Å². The van der Waals surface area contributed by atoms with E-state index in [2.05, 4.69) is 5.32 Å². The molecule has 0 aliphatic carbocycles. The summed E-state index contributed by atoms with van der Waals surface area (Å²) in [5.41, 5.74) is 1.04. The quantitative estimate of drug-likeness (QED) is 0.557. The van der Waals surface area contributed by atoms with Gasteiger partial charge in [0.15, 0.2) is 18.1 Å². The summed E-state index contributed by atoms with van der Waals surface area (Å²) in [5.74, 6) is -0.839. The molecule has 2 aromatic rings. The number of hydrogen-bond donors (Lipinski definition) is 1. The maximum Gasteiger partial charge on any atom is 0.331 e. The number of rotatable bonds is 8. The highest BCUT2D eigenvalue weighted by molar-refractivity contribution is 6.05. The standard InChI is InChI=1S/C21H21NO6/c1-3-27-18-13-15(9-11-17(18)26-2)10-12-20(24)28-14-19(23)22-21(25)16-7-5-4-6-8-16/h4-13H,3,14H2,1-2H3,(H,22,23,25)/b12-10+. The van der Waals surface area contributed by atoms with Crippen molar-refractivity contribution in [3.05, 3.63) is 65.7 Å². The number of benzene rings is 2. The molecule has 0 saturated heterocycles. The van der Waals surface area contributed by atoms with Gasteiger partial charge in [-0.05, 0) is 42.8 Å². The molecule has 0 bridgehead atoms. The Labute approximate surface area is 162 Å². The summed E-state index contributed by atoms with van der Waals surface area (Å²) in [6.07, 6.45) is 2.71. The minimum atomic E-state index is -0.712. The summed E-state index contributed by atoms with van der Waals surface area (Å²) in [6.45, 7) is 1.77. The van der Waals surface area contributed by atoms with Crippen LogP contribution >= 0.6 is 0 Å². The number of hydrogen-bond acceptors (Lipinski definition) is 6. The fourth-order valence-electron chi connectivity index (χ4n) is 2.24. The van der Waals surface area contributed by atoms with E-state index in [9.17, 15) is 14.4 Å². The van der Waals surface area contributed by atoms with Gasteiger partial charge in [0.25, 0.3) is 11.8 Å². The van der Waals surface area contributed by atoms with E-state index in [4.69, 9.17) is 14.2 Å². The normalized spacial score (nSPS) is 10.4. The first kappa shape index (κ1) is 20.7. The molecule has 0 unspecified atom stereocenters. The molecule has 1 N–H and O–H groups in total. The smallest absolute Gasteiger partial charge is 0.331 e. The number of amides is 2. The third-order valence-electron chi connectivity index (χ3n) is 3.53. The van der Waals surface area contributed by atoms with Gasteiger partial charge in [-0.3, -0.25) is 14.9 Å². The Balaban J connectivity index is 1.85. The Kier molecular flexibility index (Phi) is 7.77. The van der Waals surface area contributed by atoms with E-state index < -0.39 is 24.4 Å². The maximum atomic E-state index is 11.8. The van der Waals surface area contributed by atoms with Crippen molar-refractivity contribution < 1.29 is 28.6 Å². The van der Waals surface area contributed by atoms with Crippen molar-refractivity contribution in [2.45, 2.75) is 6.92 Å². The number of carbonyl (C=O) groups is 3. The second kappa shape index (κ2) is 10.5. The molecule has 2 amide bonds. The van der Waals surface area contributed by atoms with Crippen LogP contribution in [0.4, 0.5) is 0 Å². The zero-order valence-corrected chi connectivity index (χ0v) is 15.6. The van der Waals surface area contributed by atoms with Crippen LogP contribution in [0.15, 0.2) is 54.6 Å². The van der Waals surface area contributed by atoms with E-state index in [-0.39, 0.29) is 0 Å². The van der Waals surface area contributed by atoms with Gasteiger partial charge in [0.05, 0.1) is 13.7 Å². The van der Waals surface area contributed by atoms with Crippen LogP contribution in [0.2, 0.25) is 0 Å². The van der Waals surface area contributed by atoms with Crippen molar-refractivity contribution in [3.63, 3.8) is 0 Å². The first-order valence-electron chi connectivity index (χ1n) is 8.58. The van der Waals surface area contributed by atoms with Crippen molar-refractivity contribution in [2.24, 2.45) is 0 Å². The van der Waals surface area contributed by atoms with Crippen molar-refractivity contribution in [1.29, 1.82) is 0 Å². The van der Waals surface area contributed by atoms with Gasteiger partial charge >= 0.3 is 5.97 Å². The molecular formula is C21H21NO6. The molecule has 0 fully saturated rings. The third kappa shape index (κ3) is 6.28. The Morgan fingerprint density at radius 2 is 1.79 bits per heavy atom. The minimum absolute atomic E-state index is 0.340. The number of esters is 1. The van der Waals surface area contributed by atoms with Crippen LogP contribution in [0.1, 0.15) is 22.8 Å². The molecule has 0 atom stereocenters. The van der Waals surface area contributed by atoms with Crippen LogP contribution in [0.5, 0.6) is 11.5 Å². The molecule has 0 heterocycles. The van der Waals surface area contributed by atoms with E-state index in [0.29, 0.717) is 29.2 Å². The number of nitrogens with one attached hydrogen (secondary N) is 1. The van der Waals surface area contributed by atoms with Gasteiger partial charge in [0, 0.05) is 11.6 Å². The van der Waals surface area contributed by atoms with E-state index >= 15 is 0 Å². The monoisotopic (exact) mass is 383 g/mol. The van der Waals surface area contributed by atoms with Gasteiger partial charge in [0.2, 0.25) is 0 Å². The first-order valence-corrected chi connectivity index (χ1v) is 8.58. The summed E-state index contributed by atoms with van der Waals surface area (Å²) >= 11 is 0. The highest BCUT2D eigenvalue weighted by Gasteiger charge is 2.11. The zero-order valence-electron chi connectivity index (χ0n) is 15.6. The van der Waals surface area contributed by atoms with Crippen LogP contribution < -0.4 is 14.8 Å². The Bertz CT molecular complexity index is 860. The molecule has 2 rings (SSSR count). The molecule has 0 spiro atoms. The summed E-state index contributed by atoms with van der Waals surface area (Å²) < 4.78 is 15.5. The first-order chi connectivity index (χ1) is 13.5. The Hall–Kier alpha value is -3.61. The highest BCUT2D eigenvalue weighted by atomic mass is 16.5. The predicted octanol–water partition coefficient (Wildman–Crippen LogP) is 2.61. The molecule has 0 aliphatic heterocycles. The molecule has 0 saturated carbocycles. The van der Waals surface area contributed by atoms with Gasteiger partial charge in [-0.2, -0.15) is 0 Å². The molecule has 0 aromatic heterocycles. The van der Waals surface area contributed by atoms with Crippen LogP contribution in [0.25, 0.3) is 6.08 Å². The lowest BCUT2D eigenvalue weighted by Gasteiger charge is -2.09. The molecule has 7 nitrogen and oxygen atoms in total. The van der Waals surface area contributed by atoms with Crippen LogP contribution in [-0.4, -0.2) is 38.1 Å². The van der Waals surface area contributed by atoms with E-state index in [1.807, 2.05) is 6.92 Å². The topological polar surface area (TPSA) is 90.9 Å². The summed E-state index contributed by atoms with van der Waals surface area (Å²) in [4.78, 5) is 35.3. The Morgan fingerprint density at radius 1 is 1.04 bits per heavy atom. The van der Waals surface area contributed by atoms with Crippen molar-refractivity contribution in [1.82, 2.24) is 5.32 Å². The second-order valence-electron chi connectivity index (χ2n) is 5.53. The SMILES string of the molecule is CCOc1cc(/C=C/C(=O)OCC(=O)NC(=O)c2ccccc2)ccc1OC. The molecule has 146 valence electrons. The number of imide groups is 1. The van der Waals surface area contributed by atoms with Crippen LogP contribution in [-0.2, 0) is 14.3 Å². The number of ether oxygens (including phenoxy) is 3. The van der Waals surface area contributed by atoms with Gasteiger partial charge in [-0.25, -0.2) is 4.79 Å². The summed E-state index contributed by atoms with van der Waals surface area (Å²) in [5, 5.41) is 2.15. The van der Waals surface area contributed by atoms with E-state index in [1.54, 1.807) is 48.5 Å². The molecule has 7 heteroatoms. The lowest BCUT2D eigenvalue weighted by molar-refractivity contribution is -0.143. The second-order valence-corrected chi connectivity index (χ2v) is 5.53. The summed E-state index contributed by atoms with van der Waals surface area (Å²) in [6, 6.07) is 13.4. The third-order valence-corrected chi connectivity index (χ3v) is 3.53. The van der Waals surface area contributed by atoms with Gasteiger partial charge in [-0.1, -0.05) is 24.3 Å². The van der Waals surface area contributed by atoms with Gasteiger partial charge in [0.1, 0.15) is 0 Å². The molecule has 28 heavy (non-hydrogen) atoms. The average Bonchev–Trinajstić information content (AvgIpc) is 2.71.